The monoisotopic (exact) mass is 396 g/mol. The summed E-state index contributed by atoms with van der Waals surface area (Å²) in [5.41, 5.74) is 2.66. The number of benzene rings is 1. The number of thiazole rings is 1. The van der Waals surface area contributed by atoms with E-state index in [1.165, 1.54) is 23.9 Å². The lowest BCUT2D eigenvalue weighted by atomic mass is 10.1. The van der Waals surface area contributed by atoms with Gasteiger partial charge in [-0.2, -0.15) is 5.10 Å². The Labute approximate surface area is 170 Å². The van der Waals surface area contributed by atoms with E-state index in [-0.39, 0.29) is 11.6 Å². The van der Waals surface area contributed by atoms with E-state index in [9.17, 15) is 4.79 Å². The SMILES string of the molecule is CCCCCCNc1nc(-c2ccccc2)c(-c2ccc(=O)n(C(C)C)n2)s1. The highest BCUT2D eigenvalue weighted by molar-refractivity contribution is 7.19. The first-order chi connectivity index (χ1) is 13.6. The lowest BCUT2D eigenvalue weighted by Gasteiger charge is -2.09. The highest BCUT2D eigenvalue weighted by Crippen LogP contribution is 2.37. The summed E-state index contributed by atoms with van der Waals surface area (Å²) in [6.45, 7) is 7.06. The average molecular weight is 397 g/mol. The van der Waals surface area contributed by atoms with Crippen LogP contribution in [0, 0.1) is 0 Å². The van der Waals surface area contributed by atoms with Gasteiger partial charge >= 0.3 is 0 Å². The van der Waals surface area contributed by atoms with E-state index in [1.54, 1.807) is 23.5 Å². The van der Waals surface area contributed by atoms with E-state index in [0.29, 0.717) is 0 Å². The summed E-state index contributed by atoms with van der Waals surface area (Å²) in [5, 5.41) is 8.97. The summed E-state index contributed by atoms with van der Waals surface area (Å²) in [6.07, 6.45) is 4.87. The van der Waals surface area contributed by atoms with Crippen LogP contribution in [-0.2, 0) is 0 Å². The molecule has 3 rings (SSSR count). The summed E-state index contributed by atoms with van der Waals surface area (Å²) >= 11 is 1.60. The predicted octanol–water partition coefficient (Wildman–Crippen LogP) is 5.61. The summed E-state index contributed by atoms with van der Waals surface area (Å²) in [4.78, 5) is 17.9. The number of unbranched alkanes of at least 4 members (excludes halogenated alkanes) is 3. The molecule has 0 aliphatic carbocycles. The highest BCUT2D eigenvalue weighted by Gasteiger charge is 2.17. The van der Waals surface area contributed by atoms with Crippen LogP contribution in [0.15, 0.2) is 47.3 Å². The second kappa shape index (κ2) is 9.64. The van der Waals surface area contributed by atoms with Crippen molar-refractivity contribution in [2.75, 3.05) is 11.9 Å². The molecule has 0 radical (unpaired) electrons. The van der Waals surface area contributed by atoms with Crippen molar-refractivity contribution < 1.29 is 0 Å². The average Bonchev–Trinajstić information content (AvgIpc) is 3.13. The van der Waals surface area contributed by atoms with Gasteiger partial charge < -0.3 is 5.32 Å². The maximum absolute atomic E-state index is 12.1. The normalized spacial score (nSPS) is 11.1. The molecule has 0 bridgehead atoms. The molecule has 1 aromatic carbocycles. The van der Waals surface area contributed by atoms with Gasteiger partial charge in [-0.25, -0.2) is 9.67 Å². The van der Waals surface area contributed by atoms with E-state index in [0.717, 1.165) is 39.9 Å². The first-order valence-electron chi connectivity index (χ1n) is 10.0. The summed E-state index contributed by atoms with van der Waals surface area (Å²) in [6, 6.07) is 13.5. The van der Waals surface area contributed by atoms with Crippen molar-refractivity contribution in [1.82, 2.24) is 14.8 Å². The predicted molar refractivity (Wildman–Crippen MR) is 118 cm³/mol. The molecule has 5 nitrogen and oxygen atoms in total. The van der Waals surface area contributed by atoms with Gasteiger partial charge in [-0.15, -0.1) is 0 Å². The van der Waals surface area contributed by atoms with E-state index < -0.39 is 0 Å². The third-order valence-electron chi connectivity index (χ3n) is 4.53. The van der Waals surface area contributed by atoms with E-state index in [4.69, 9.17) is 4.98 Å². The second-order valence-electron chi connectivity index (χ2n) is 7.15. The van der Waals surface area contributed by atoms with Gasteiger partial charge in [-0.3, -0.25) is 4.79 Å². The van der Waals surface area contributed by atoms with Gasteiger partial charge in [0, 0.05) is 18.2 Å². The zero-order chi connectivity index (χ0) is 19.9. The van der Waals surface area contributed by atoms with Crippen molar-refractivity contribution in [3.05, 3.63) is 52.8 Å². The Bertz CT molecular complexity index is 947. The number of nitrogens with one attached hydrogen (secondary N) is 1. The van der Waals surface area contributed by atoms with Gasteiger partial charge in [0.25, 0.3) is 5.56 Å². The second-order valence-corrected chi connectivity index (χ2v) is 8.14. The number of rotatable bonds is 9. The number of hydrogen-bond acceptors (Lipinski definition) is 5. The van der Waals surface area contributed by atoms with Crippen molar-refractivity contribution in [1.29, 1.82) is 0 Å². The van der Waals surface area contributed by atoms with E-state index >= 15 is 0 Å². The zero-order valence-electron chi connectivity index (χ0n) is 16.8. The van der Waals surface area contributed by atoms with Crippen LogP contribution in [0.2, 0.25) is 0 Å². The number of nitrogens with zero attached hydrogens (tertiary/aromatic N) is 3. The van der Waals surface area contributed by atoms with Crippen molar-refractivity contribution in [3.8, 4) is 21.8 Å². The first kappa shape index (κ1) is 20.3. The lowest BCUT2D eigenvalue weighted by Crippen LogP contribution is -2.23. The molecule has 28 heavy (non-hydrogen) atoms. The van der Waals surface area contributed by atoms with Crippen molar-refractivity contribution >= 4 is 16.5 Å². The molecule has 0 fully saturated rings. The minimum Gasteiger partial charge on any atom is -0.361 e. The fraction of sp³-hybridized carbons (Fsp3) is 0.409. The van der Waals surface area contributed by atoms with Crippen molar-refractivity contribution in [2.24, 2.45) is 0 Å². The molecule has 0 amide bonds. The van der Waals surface area contributed by atoms with Gasteiger partial charge in [0.05, 0.1) is 16.6 Å². The molecule has 1 N–H and O–H groups in total. The Morgan fingerprint density at radius 2 is 1.86 bits per heavy atom. The topological polar surface area (TPSA) is 59.8 Å². The molecule has 6 heteroatoms. The molecule has 2 heterocycles. The standard InChI is InChI=1S/C22H28N4OS/c1-4-5-6-10-15-23-22-24-20(17-11-8-7-9-12-17)21(28-22)18-13-14-19(27)26(25-18)16(2)3/h7-9,11-14,16H,4-6,10,15H2,1-3H3,(H,23,24). The minimum atomic E-state index is -0.0844. The van der Waals surface area contributed by atoms with Crippen molar-refractivity contribution in [2.45, 2.75) is 52.5 Å². The van der Waals surface area contributed by atoms with Crippen LogP contribution in [0.3, 0.4) is 0 Å². The number of anilines is 1. The van der Waals surface area contributed by atoms with Crippen LogP contribution in [0.1, 0.15) is 52.5 Å². The molecule has 0 saturated heterocycles. The maximum atomic E-state index is 12.1. The quantitative estimate of drug-likeness (QED) is 0.478. The smallest absolute Gasteiger partial charge is 0.267 e. The molecule has 2 aromatic heterocycles. The Balaban J connectivity index is 1.95. The molecule has 148 valence electrons. The molecular weight excluding hydrogens is 368 g/mol. The summed E-state index contributed by atoms with van der Waals surface area (Å²) in [7, 11) is 0. The number of hydrogen-bond donors (Lipinski definition) is 1. The van der Waals surface area contributed by atoms with Gasteiger partial charge in [-0.1, -0.05) is 67.9 Å². The van der Waals surface area contributed by atoms with E-state index in [2.05, 4.69) is 29.5 Å². The maximum Gasteiger partial charge on any atom is 0.267 e. The van der Waals surface area contributed by atoms with Crippen LogP contribution in [0.25, 0.3) is 21.8 Å². The Kier molecular flexibility index (Phi) is 6.98. The van der Waals surface area contributed by atoms with Crippen LogP contribution < -0.4 is 10.9 Å². The summed E-state index contributed by atoms with van der Waals surface area (Å²) in [5.74, 6) is 0. The minimum absolute atomic E-state index is 0.0108. The first-order valence-corrected chi connectivity index (χ1v) is 10.8. The lowest BCUT2D eigenvalue weighted by molar-refractivity contribution is 0.505. The van der Waals surface area contributed by atoms with Crippen LogP contribution in [0.5, 0.6) is 0 Å². The largest absolute Gasteiger partial charge is 0.361 e. The molecule has 0 aliphatic heterocycles. The molecule has 0 saturated carbocycles. The molecule has 3 aromatic rings. The molecule has 0 unspecified atom stereocenters. The fourth-order valence-electron chi connectivity index (χ4n) is 3.02. The van der Waals surface area contributed by atoms with Gasteiger partial charge in [0.2, 0.25) is 0 Å². The van der Waals surface area contributed by atoms with Gasteiger partial charge in [0.15, 0.2) is 5.13 Å². The Morgan fingerprint density at radius 3 is 2.57 bits per heavy atom. The number of aromatic nitrogens is 3. The molecule has 0 atom stereocenters. The highest BCUT2D eigenvalue weighted by atomic mass is 32.1. The third-order valence-corrected chi connectivity index (χ3v) is 5.56. The fourth-order valence-corrected chi connectivity index (χ4v) is 4.00. The summed E-state index contributed by atoms with van der Waals surface area (Å²) < 4.78 is 1.53. The Hall–Kier alpha value is -2.47. The molecular formula is C22H28N4OS. The molecule has 0 aliphatic rings. The molecule has 0 spiro atoms. The van der Waals surface area contributed by atoms with E-state index in [1.807, 2.05) is 32.0 Å². The van der Waals surface area contributed by atoms with Crippen LogP contribution >= 0.6 is 11.3 Å². The Morgan fingerprint density at radius 1 is 1.07 bits per heavy atom. The third kappa shape index (κ3) is 4.87. The zero-order valence-corrected chi connectivity index (χ0v) is 17.6. The van der Waals surface area contributed by atoms with Gasteiger partial charge in [0.1, 0.15) is 5.69 Å². The van der Waals surface area contributed by atoms with Crippen molar-refractivity contribution in [3.63, 3.8) is 0 Å². The van der Waals surface area contributed by atoms with Crippen LogP contribution in [-0.4, -0.2) is 21.3 Å². The van der Waals surface area contributed by atoms with Gasteiger partial charge in [-0.05, 0) is 26.3 Å². The van der Waals surface area contributed by atoms with Crippen LogP contribution in [0.4, 0.5) is 5.13 Å².